The first-order chi connectivity index (χ1) is 11.6. The summed E-state index contributed by atoms with van der Waals surface area (Å²) in [4.78, 5) is 26.8. The molecule has 0 radical (unpaired) electrons. The molecule has 0 saturated heterocycles. The molecule has 4 heteroatoms. The van der Waals surface area contributed by atoms with Gasteiger partial charge in [0.25, 0.3) is 0 Å². The summed E-state index contributed by atoms with van der Waals surface area (Å²) in [5.74, 6) is -0.470. The summed E-state index contributed by atoms with van der Waals surface area (Å²) in [6.07, 6.45) is 0.625. The number of nitrogens with one attached hydrogen (secondary N) is 1. The minimum absolute atomic E-state index is 0.0383. The minimum atomic E-state index is -0.225. The van der Waals surface area contributed by atoms with E-state index in [1.807, 2.05) is 68.4 Å². The average Bonchev–Trinajstić information content (AvgIpc) is 3.37. The van der Waals surface area contributed by atoms with Crippen LogP contribution in [0.3, 0.4) is 0 Å². The first kappa shape index (κ1) is 16.2. The largest absolute Gasteiger partial charge is 0.326 e. The van der Waals surface area contributed by atoms with Crippen molar-refractivity contribution in [3.05, 3.63) is 60.2 Å². The van der Waals surface area contributed by atoms with Crippen LogP contribution < -0.4 is 10.2 Å². The normalized spacial score (nSPS) is 18.8. The highest BCUT2D eigenvalue weighted by Crippen LogP contribution is 2.41. The van der Waals surface area contributed by atoms with E-state index in [1.54, 1.807) is 4.90 Å². The van der Waals surface area contributed by atoms with E-state index >= 15 is 0 Å². The van der Waals surface area contributed by atoms with E-state index in [-0.39, 0.29) is 23.7 Å². The predicted octanol–water partition coefficient (Wildman–Crippen LogP) is 3.62. The van der Waals surface area contributed by atoms with E-state index in [1.165, 1.54) is 0 Å². The van der Waals surface area contributed by atoms with Gasteiger partial charge in [0.05, 0.1) is 11.8 Å². The fourth-order valence-corrected chi connectivity index (χ4v) is 2.98. The van der Waals surface area contributed by atoms with Crippen LogP contribution in [-0.2, 0) is 9.59 Å². The van der Waals surface area contributed by atoms with Crippen LogP contribution in [0.25, 0.3) is 0 Å². The molecule has 0 spiro atoms. The Balaban J connectivity index is 1.65. The zero-order valence-corrected chi connectivity index (χ0v) is 14.0. The maximum Gasteiger partial charge on any atom is 0.230 e. The van der Waals surface area contributed by atoms with Crippen molar-refractivity contribution in [3.63, 3.8) is 0 Å². The Bertz CT molecular complexity index is 742. The van der Waals surface area contributed by atoms with Crippen molar-refractivity contribution < 1.29 is 9.59 Å². The summed E-state index contributed by atoms with van der Waals surface area (Å²) in [6, 6.07) is 17.3. The van der Waals surface area contributed by atoms with Gasteiger partial charge in [-0.25, -0.2) is 0 Å². The van der Waals surface area contributed by atoms with Crippen molar-refractivity contribution in [3.8, 4) is 0 Å². The second-order valence-corrected chi connectivity index (χ2v) is 6.23. The molecular formula is C20H22N2O2. The summed E-state index contributed by atoms with van der Waals surface area (Å²) >= 11 is 0. The van der Waals surface area contributed by atoms with Crippen LogP contribution in [0.1, 0.15) is 18.9 Å². The number of carbonyl (C=O) groups excluding carboxylic acids is 2. The number of nitrogens with zero attached hydrogens (tertiary/aromatic N) is 1. The van der Waals surface area contributed by atoms with Gasteiger partial charge in [-0.05, 0) is 50.1 Å². The third-order valence-corrected chi connectivity index (χ3v) is 4.38. The van der Waals surface area contributed by atoms with Crippen LogP contribution in [0.4, 0.5) is 11.4 Å². The molecule has 0 heterocycles. The molecule has 2 atom stereocenters. The van der Waals surface area contributed by atoms with Crippen LogP contribution in [0, 0.1) is 18.8 Å². The Hall–Kier alpha value is -2.62. The second-order valence-electron chi connectivity index (χ2n) is 6.23. The monoisotopic (exact) mass is 322 g/mol. The molecule has 2 unspecified atom stereocenters. The van der Waals surface area contributed by atoms with Gasteiger partial charge in [-0.2, -0.15) is 0 Å². The van der Waals surface area contributed by atoms with Crippen LogP contribution >= 0.6 is 0 Å². The molecule has 1 aliphatic rings. The van der Waals surface area contributed by atoms with Gasteiger partial charge in [0, 0.05) is 17.9 Å². The summed E-state index contributed by atoms with van der Waals surface area (Å²) in [6.45, 7) is 4.57. The number of rotatable bonds is 5. The number of anilines is 2. The summed E-state index contributed by atoms with van der Waals surface area (Å²) < 4.78 is 0. The van der Waals surface area contributed by atoms with Crippen molar-refractivity contribution in [1.29, 1.82) is 0 Å². The van der Waals surface area contributed by atoms with Crippen molar-refractivity contribution in [1.82, 2.24) is 0 Å². The zero-order chi connectivity index (χ0) is 17.1. The van der Waals surface area contributed by atoms with Gasteiger partial charge in [0.2, 0.25) is 11.8 Å². The maximum absolute atomic E-state index is 12.8. The summed E-state index contributed by atoms with van der Waals surface area (Å²) in [7, 11) is 0. The topological polar surface area (TPSA) is 49.4 Å². The standard InChI is InChI=1S/C20H22N2O2/c1-3-22(16-11-7-8-14(2)12-16)20(24)18-13-17(18)19(23)21-15-9-5-4-6-10-15/h4-12,17-18H,3,13H2,1-2H3,(H,21,23). The van der Waals surface area contributed by atoms with Crippen molar-refractivity contribution in [2.45, 2.75) is 20.3 Å². The van der Waals surface area contributed by atoms with E-state index in [0.717, 1.165) is 16.9 Å². The van der Waals surface area contributed by atoms with Gasteiger partial charge >= 0.3 is 0 Å². The van der Waals surface area contributed by atoms with E-state index in [0.29, 0.717) is 13.0 Å². The molecule has 1 N–H and O–H groups in total. The number of aryl methyl sites for hydroxylation is 1. The van der Waals surface area contributed by atoms with Gasteiger partial charge in [-0.15, -0.1) is 0 Å². The summed E-state index contributed by atoms with van der Waals surface area (Å²) in [5, 5.41) is 2.88. The lowest BCUT2D eigenvalue weighted by Gasteiger charge is -2.21. The number of amides is 2. The smallest absolute Gasteiger partial charge is 0.230 e. The average molecular weight is 322 g/mol. The molecule has 4 nitrogen and oxygen atoms in total. The Morgan fingerprint density at radius 3 is 2.50 bits per heavy atom. The zero-order valence-electron chi connectivity index (χ0n) is 14.0. The van der Waals surface area contributed by atoms with E-state index in [2.05, 4.69) is 5.32 Å². The highest BCUT2D eigenvalue weighted by Gasteiger charge is 2.49. The molecule has 24 heavy (non-hydrogen) atoms. The van der Waals surface area contributed by atoms with Gasteiger partial charge in [-0.3, -0.25) is 9.59 Å². The molecule has 2 amide bonds. The fraction of sp³-hybridized carbons (Fsp3) is 0.300. The maximum atomic E-state index is 12.8. The van der Waals surface area contributed by atoms with Crippen LogP contribution in [0.15, 0.2) is 54.6 Å². The molecule has 0 aliphatic heterocycles. The minimum Gasteiger partial charge on any atom is -0.326 e. The number of carbonyl (C=O) groups is 2. The van der Waals surface area contributed by atoms with Gasteiger partial charge < -0.3 is 10.2 Å². The third-order valence-electron chi connectivity index (χ3n) is 4.38. The molecule has 2 aromatic carbocycles. The van der Waals surface area contributed by atoms with E-state index in [4.69, 9.17) is 0 Å². The Morgan fingerprint density at radius 1 is 1.08 bits per heavy atom. The predicted molar refractivity (Wildman–Crippen MR) is 95.9 cm³/mol. The first-order valence-electron chi connectivity index (χ1n) is 8.34. The molecule has 124 valence electrons. The van der Waals surface area contributed by atoms with E-state index in [9.17, 15) is 9.59 Å². The molecule has 2 aromatic rings. The van der Waals surface area contributed by atoms with Gasteiger partial charge in [-0.1, -0.05) is 30.3 Å². The lowest BCUT2D eigenvalue weighted by atomic mass is 10.2. The fourth-order valence-electron chi connectivity index (χ4n) is 2.98. The molecular weight excluding hydrogens is 300 g/mol. The molecule has 1 aliphatic carbocycles. The Kier molecular flexibility index (Phi) is 4.65. The Labute approximate surface area is 142 Å². The molecule has 0 aromatic heterocycles. The first-order valence-corrected chi connectivity index (χ1v) is 8.34. The molecule has 1 saturated carbocycles. The molecule has 1 fully saturated rings. The van der Waals surface area contributed by atoms with Crippen molar-refractivity contribution >= 4 is 23.2 Å². The molecule has 0 bridgehead atoms. The highest BCUT2D eigenvalue weighted by atomic mass is 16.2. The SMILES string of the molecule is CCN(C(=O)C1CC1C(=O)Nc1ccccc1)c1cccc(C)c1. The van der Waals surface area contributed by atoms with E-state index < -0.39 is 0 Å². The number of hydrogen-bond donors (Lipinski definition) is 1. The van der Waals surface area contributed by atoms with Crippen molar-refractivity contribution in [2.24, 2.45) is 11.8 Å². The summed E-state index contributed by atoms with van der Waals surface area (Å²) in [5.41, 5.74) is 2.79. The number of benzene rings is 2. The third kappa shape index (κ3) is 3.48. The van der Waals surface area contributed by atoms with Crippen LogP contribution in [0.5, 0.6) is 0 Å². The molecule has 3 rings (SSSR count). The van der Waals surface area contributed by atoms with Crippen LogP contribution in [0.2, 0.25) is 0 Å². The lowest BCUT2D eigenvalue weighted by Crippen LogP contribution is -2.33. The quantitative estimate of drug-likeness (QED) is 0.914. The highest BCUT2D eigenvalue weighted by molar-refractivity contribution is 6.04. The number of hydrogen-bond acceptors (Lipinski definition) is 2. The Morgan fingerprint density at radius 2 is 1.83 bits per heavy atom. The second kappa shape index (κ2) is 6.87. The van der Waals surface area contributed by atoms with Gasteiger partial charge in [0.15, 0.2) is 0 Å². The van der Waals surface area contributed by atoms with Crippen LogP contribution in [-0.4, -0.2) is 18.4 Å². The van der Waals surface area contributed by atoms with Gasteiger partial charge in [0.1, 0.15) is 0 Å². The number of para-hydroxylation sites is 1. The van der Waals surface area contributed by atoms with Crippen molar-refractivity contribution in [2.75, 3.05) is 16.8 Å². The lowest BCUT2D eigenvalue weighted by molar-refractivity contribution is -0.123.